The first-order chi connectivity index (χ1) is 7.04. The van der Waals surface area contributed by atoms with Crippen LogP contribution >= 0.6 is 0 Å². The fraction of sp³-hybridized carbons (Fsp3) is 0.364. The summed E-state index contributed by atoms with van der Waals surface area (Å²) in [5, 5.41) is 0. The molecule has 0 bridgehead atoms. The van der Waals surface area contributed by atoms with Crippen LogP contribution in [0.2, 0.25) is 0 Å². The maximum atomic E-state index is 11.2. The third kappa shape index (κ3) is 2.95. The number of amides is 1. The second-order valence-corrected chi connectivity index (χ2v) is 3.62. The van der Waals surface area contributed by atoms with E-state index in [2.05, 4.69) is 5.43 Å². The minimum absolute atomic E-state index is 0.123. The number of hydrogen-bond donors (Lipinski definition) is 2. The molecule has 15 heavy (non-hydrogen) atoms. The normalized spacial score (nSPS) is 10.2. The molecule has 0 aliphatic carbocycles. The van der Waals surface area contributed by atoms with Crippen LogP contribution in [-0.2, 0) is 0 Å². The molecule has 0 radical (unpaired) electrons. The predicted octanol–water partition coefficient (Wildman–Crippen LogP) is 1.39. The van der Waals surface area contributed by atoms with E-state index in [0.717, 1.165) is 11.3 Å². The van der Waals surface area contributed by atoms with E-state index in [1.165, 1.54) is 0 Å². The lowest BCUT2D eigenvalue weighted by Crippen LogP contribution is -2.30. The summed E-state index contributed by atoms with van der Waals surface area (Å²) in [6.45, 7) is 5.81. The summed E-state index contributed by atoms with van der Waals surface area (Å²) in [4.78, 5) is 11.2. The Labute approximate surface area is 89.4 Å². The van der Waals surface area contributed by atoms with Crippen LogP contribution in [0.15, 0.2) is 18.2 Å². The van der Waals surface area contributed by atoms with Gasteiger partial charge in [-0.3, -0.25) is 10.2 Å². The molecule has 1 aromatic rings. The molecule has 0 aliphatic heterocycles. The van der Waals surface area contributed by atoms with Gasteiger partial charge in [-0.2, -0.15) is 0 Å². The SMILES string of the molecule is Cc1cc(C(=O)NN)ccc1OC(C)C. The van der Waals surface area contributed by atoms with Gasteiger partial charge in [-0.1, -0.05) is 0 Å². The molecule has 1 aromatic carbocycles. The van der Waals surface area contributed by atoms with Gasteiger partial charge in [-0.15, -0.1) is 0 Å². The second kappa shape index (κ2) is 4.79. The highest BCUT2D eigenvalue weighted by atomic mass is 16.5. The monoisotopic (exact) mass is 208 g/mol. The molecule has 0 unspecified atom stereocenters. The molecule has 0 spiro atoms. The Hall–Kier alpha value is -1.55. The summed E-state index contributed by atoms with van der Waals surface area (Å²) >= 11 is 0. The number of hydrogen-bond acceptors (Lipinski definition) is 3. The standard InChI is InChI=1S/C11H16N2O2/c1-7(2)15-10-5-4-9(6-8(10)3)11(14)13-12/h4-7H,12H2,1-3H3,(H,13,14). The summed E-state index contributed by atoms with van der Waals surface area (Å²) < 4.78 is 5.55. The van der Waals surface area contributed by atoms with Gasteiger partial charge in [0.2, 0.25) is 0 Å². The molecule has 0 atom stereocenters. The molecule has 0 saturated carbocycles. The minimum atomic E-state index is -0.297. The van der Waals surface area contributed by atoms with Crippen molar-refractivity contribution < 1.29 is 9.53 Å². The van der Waals surface area contributed by atoms with E-state index in [-0.39, 0.29) is 12.0 Å². The van der Waals surface area contributed by atoms with Gasteiger partial charge in [-0.25, -0.2) is 5.84 Å². The molecule has 0 heterocycles. The number of aryl methyl sites for hydroxylation is 1. The zero-order chi connectivity index (χ0) is 11.4. The lowest BCUT2D eigenvalue weighted by atomic mass is 10.1. The second-order valence-electron chi connectivity index (χ2n) is 3.62. The van der Waals surface area contributed by atoms with Crippen molar-refractivity contribution in [3.8, 4) is 5.75 Å². The highest BCUT2D eigenvalue weighted by Crippen LogP contribution is 2.20. The molecular formula is C11H16N2O2. The Bertz CT molecular complexity index is 362. The molecule has 3 N–H and O–H groups in total. The van der Waals surface area contributed by atoms with Crippen LogP contribution < -0.4 is 16.0 Å². The van der Waals surface area contributed by atoms with Crippen molar-refractivity contribution in [1.29, 1.82) is 0 Å². The number of carbonyl (C=O) groups is 1. The summed E-state index contributed by atoms with van der Waals surface area (Å²) in [5.41, 5.74) is 3.54. The number of rotatable bonds is 3. The fourth-order valence-corrected chi connectivity index (χ4v) is 1.26. The fourth-order valence-electron chi connectivity index (χ4n) is 1.26. The van der Waals surface area contributed by atoms with Crippen LogP contribution in [0.1, 0.15) is 29.8 Å². The van der Waals surface area contributed by atoms with Gasteiger partial charge in [0.15, 0.2) is 0 Å². The molecule has 4 heteroatoms. The van der Waals surface area contributed by atoms with Crippen molar-refractivity contribution in [2.75, 3.05) is 0 Å². The third-order valence-corrected chi connectivity index (χ3v) is 1.93. The first kappa shape index (κ1) is 11.5. The summed E-state index contributed by atoms with van der Waals surface area (Å²) in [5.74, 6) is 5.54. The zero-order valence-electron chi connectivity index (χ0n) is 9.20. The Morgan fingerprint density at radius 3 is 2.60 bits per heavy atom. The van der Waals surface area contributed by atoms with Gasteiger partial charge < -0.3 is 4.74 Å². The Morgan fingerprint density at radius 1 is 1.47 bits per heavy atom. The van der Waals surface area contributed by atoms with Gasteiger partial charge in [-0.05, 0) is 44.5 Å². The maximum Gasteiger partial charge on any atom is 0.265 e. The smallest absolute Gasteiger partial charge is 0.265 e. The lowest BCUT2D eigenvalue weighted by Gasteiger charge is -2.12. The first-order valence-corrected chi connectivity index (χ1v) is 4.83. The minimum Gasteiger partial charge on any atom is -0.491 e. The van der Waals surface area contributed by atoms with E-state index >= 15 is 0 Å². The average molecular weight is 208 g/mol. The van der Waals surface area contributed by atoms with Gasteiger partial charge in [0, 0.05) is 5.56 Å². The van der Waals surface area contributed by atoms with E-state index < -0.39 is 0 Å². The first-order valence-electron chi connectivity index (χ1n) is 4.83. The van der Waals surface area contributed by atoms with Gasteiger partial charge in [0.25, 0.3) is 5.91 Å². The quantitative estimate of drug-likeness (QED) is 0.448. The molecule has 0 fully saturated rings. The average Bonchev–Trinajstić information content (AvgIpc) is 2.19. The maximum absolute atomic E-state index is 11.2. The van der Waals surface area contributed by atoms with Crippen molar-refractivity contribution in [2.24, 2.45) is 5.84 Å². The zero-order valence-corrected chi connectivity index (χ0v) is 9.20. The van der Waals surface area contributed by atoms with Gasteiger partial charge >= 0.3 is 0 Å². The lowest BCUT2D eigenvalue weighted by molar-refractivity contribution is 0.0953. The van der Waals surface area contributed by atoms with E-state index in [0.29, 0.717) is 5.56 Å². The van der Waals surface area contributed by atoms with Crippen molar-refractivity contribution >= 4 is 5.91 Å². The van der Waals surface area contributed by atoms with E-state index in [9.17, 15) is 4.79 Å². The van der Waals surface area contributed by atoms with Crippen molar-refractivity contribution in [1.82, 2.24) is 5.43 Å². The van der Waals surface area contributed by atoms with Crippen molar-refractivity contribution in [2.45, 2.75) is 26.9 Å². The number of nitrogens with two attached hydrogens (primary N) is 1. The van der Waals surface area contributed by atoms with Gasteiger partial charge in [0.1, 0.15) is 5.75 Å². The Morgan fingerprint density at radius 2 is 2.13 bits per heavy atom. The van der Waals surface area contributed by atoms with Crippen LogP contribution in [-0.4, -0.2) is 12.0 Å². The van der Waals surface area contributed by atoms with Crippen molar-refractivity contribution in [3.05, 3.63) is 29.3 Å². The number of hydrazine groups is 1. The summed E-state index contributed by atoms with van der Waals surface area (Å²) in [6.07, 6.45) is 0.123. The van der Waals surface area contributed by atoms with Gasteiger partial charge in [0.05, 0.1) is 6.10 Å². The molecular weight excluding hydrogens is 192 g/mol. The van der Waals surface area contributed by atoms with Crippen LogP contribution in [0.3, 0.4) is 0 Å². The number of nitrogens with one attached hydrogen (secondary N) is 1. The summed E-state index contributed by atoms with van der Waals surface area (Å²) in [7, 11) is 0. The molecule has 0 saturated heterocycles. The number of nitrogen functional groups attached to an aromatic ring is 1. The predicted molar refractivity (Wildman–Crippen MR) is 58.6 cm³/mol. The molecule has 1 rings (SSSR count). The Balaban J connectivity index is 2.93. The van der Waals surface area contributed by atoms with E-state index in [4.69, 9.17) is 10.6 Å². The highest BCUT2D eigenvalue weighted by molar-refractivity contribution is 5.94. The van der Waals surface area contributed by atoms with Crippen LogP contribution in [0, 0.1) is 6.92 Å². The van der Waals surface area contributed by atoms with E-state index in [1.807, 2.05) is 20.8 Å². The summed E-state index contributed by atoms with van der Waals surface area (Å²) in [6, 6.07) is 5.22. The number of carbonyl (C=O) groups excluding carboxylic acids is 1. The molecule has 0 aliphatic rings. The topological polar surface area (TPSA) is 64.4 Å². The molecule has 0 aromatic heterocycles. The number of benzene rings is 1. The van der Waals surface area contributed by atoms with Crippen LogP contribution in [0.4, 0.5) is 0 Å². The van der Waals surface area contributed by atoms with Crippen LogP contribution in [0.5, 0.6) is 5.75 Å². The van der Waals surface area contributed by atoms with Crippen LogP contribution in [0.25, 0.3) is 0 Å². The Kier molecular flexibility index (Phi) is 3.68. The van der Waals surface area contributed by atoms with Crippen molar-refractivity contribution in [3.63, 3.8) is 0 Å². The molecule has 82 valence electrons. The molecule has 1 amide bonds. The number of ether oxygens (including phenoxy) is 1. The largest absolute Gasteiger partial charge is 0.491 e. The third-order valence-electron chi connectivity index (χ3n) is 1.93. The highest BCUT2D eigenvalue weighted by Gasteiger charge is 2.07. The molecule has 4 nitrogen and oxygen atoms in total. The van der Waals surface area contributed by atoms with E-state index in [1.54, 1.807) is 18.2 Å².